The summed E-state index contributed by atoms with van der Waals surface area (Å²) >= 11 is 1.10. The molecule has 0 aliphatic carbocycles. The molecule has 20 heavy (non-hydrogen) atoms. The molecule has 0 spiro atoms. The van der Waals surface area contributed by atoms with Crippen molar-refractivity contribution in [2.24, 2.45) is 0 Å². The molecule has 1 N–H and O–H groups in total. The summed E-state index contributed by atoms with van der Waals surface area (Å²) in [5.41, 5.74) is 0.443. The van der Waals surface area contributed by atoms with Gasteiger partial charge in [-0.2, -0.15) is 0 Å². The van der Waals surface area contributed by atoms with Crippen LogP contribution in [0.2, 0.25) is 0 Å². The Labute approximate surface area is 122 Å². The number of carbonyl (C=O) groups excluding carboxylic acids is 1. The Hall–Kier alpha value is -1.56. The topological polar surface area (TPSA) is 57.6 Å². The highest BCUT2D eigenvalue weighted by Crippen LogP contribution is 2.16. The summed E-state index contributed by atoms with van der Waals surface area (Å²) in [4.78, 5) is 24.1. The third kappa shape index (κ3) is 4.85. The van der Waals surface area contributed by atoms with E-state index in [4.69, 9.17) is 5.11 Å². The average molecular weight is 299 g/mol. The Kier molecular flexibility index (Phi) is 6.51. The van der Waals surface area contributed by atoms with Crippen molar-refractivity contribution in [1.29, 1.82) is 0 Å². The maximum atomic E-state index is 13.5. The highest BCUT2D eigenvalue weighted by atomic mass is 32.2. The molecule has 0 heterocycles. The van der Waals surface area contributed by atoms with Crippen LogP contribution in [-0.4, -0.2) is 39.9 Å². The maximum Gasteiger partial charge on any atom is 0.316 e. The minimum atomic E-state index is -0.915. The van der Waals surface area contributed by atoms with Gasteiger partial charge in [-0.15, -0.1) is 11.8 Å². The zero-order chi connectivity index (χ0) is 15.1. The Bertz CT molecular complexity index is 481. The standard InChI is InChI=1S/C14H18FNO3S/c1-3-12(14(18)19)20-9-13(17)16(2)8-10-6-4-5-7-11(10)15/h4-7,12H,3,8-9H2,1-2H3,(H,18,19). The van der Waals surface area contributed by atoms with E-state index in [9.17, 15) is 14.0 Å². The number of thioether (sulfide) groups is 1. The number of benzene rings is 1. The van der Waals surface area contributed by atoms with Gasteiger partial charge in [-0.05, 0) is 12.5 Å². The monoisotopic (exact) mass is 299 g/mol. The Balaban J connectivity index is 2.51. The molecule has 0 aliphatic rings. The number of rotatable bonds is 7. The van der Waals surface area contributed by atoms with E-state index in [2.05, 4.69) is 0 Å². The van der Waals surface area contributed by atoms with Crippen LogP contribution in [0.5, 0.6) is 0 Å². The second-order valence-electron chi connectivity index (χ2n) is 4.39. The van der Waals surface area contributed by atoms with Gasteiger partial charge in [0.05, 0.1) is 5.75 Å². The molecule has 0 aromatic heterocycles. The first-order valence-electron chi connectivity index (χ1n) is 6.27. The number of hydrogen-bond acceptors (Lipinski definition) is 3. The van der Waals surface area contributed by atoms with Gasteiger partial charge < -0.3 is 10.0 Å². The highest BCUT2D eigenvalue weighted by Gasteiger charge is 2.19. The van der Waals surface area contributed by atoms with Gasteiger partial charge in [0.1, 0.15) is 11.1 Å². The van der Waals surface area contributed by atoms with E-state index >= 15 is 0 Å². The van der Waals surface area contributed by atoms with E-state index in [0.29, 0.717) is 12.0 Å². The number of carboxylic acid groups (broad SMARTS) is 1. The van der Waals surface area contributed by atoms with Crippen molar-refractivity contribution < 1.29 is 19.1 Å². The van der Waals surface area contributed by atoms with Crippen molar-refractivity contribution >= 4 is 23.6 Å². The van der Waals surface area contributed by atoms with Crippen LogP contribution in [0.25, 0.3) is 0 Å². The lowest BCUT2D eigenvalue weighted by atomic mass is 10.2. The predicted molar refractivity (Wildman–Crippen MR) is 77.0 cm³/mol. The number of hydrogen-bond donors (Lipinski definition) is 1. The van der Waals surface area contributed by atoms with Crippen molar-refractivity contribution in [2.75, 3.05) is 12.8 Å². The molecule has 1 atom stereocenters. The summed E-state index contributed by atoms with van der Waals surface area (Å²) in [6.45, 7) is 1.94. The van der Waals surface area contributed by atoms with E-state index in [1.165, 1.54) is 11.0 Å². The third-order valence-electron chi connectivity index (χ3n) is 2.85. The van der Waals surface area contributed by atoms with E-state index < -0.39 is 11.2 Å². The lowest BCUT2D eigenvalue weighted by molar-refractivity contribution is -0.136. The van der Waals surface area contributed by atoms with Gasteiger partial charge in [0.2, 0.25) is 5.91 Å². The summed E-state index contributed by atoms with van der Waals surface area (Å²) in [6, 6.07) is 6.27. The fraction of sp³-hybridized carbons (Fsp3) is 0.429. The van der Waals surface area contributed by atoms with Crippen LogP contribution in [0.1, 0.15) is 18.9 Å². The summed E-state index contributed by atoms with van der Waals surface area (Å²) in [6.07, 6.45) is 0.463. The van der Waals surface area contributed by atoms with Crippen LogP contribution >= 0.6 is 11.8 Å². The number of nitrogens with zero attached hydrogens (tertiary/aromatic N) is 1. The second kappa shape index (κ2) is 7.89. The molecule has 0 radical (unpaired) electrons. The molecule has 4 nitrogen and oxygen atoms in total. The molecule has 0 bridgehead atoms. The van der Waals surface area contributed by atoms with Gasteiger partial charge >= 0.3 is 5.97 Å². The SMILES string of the molecule is CCC(SCC(=O)N(C)Cc1ccccc1F)C(=O)O. The van der Waals surface area contributed by atoms with Gasteiger partial charge in [-0.3, -0.25) is 9.59 Å². The summed E-state index contributed by atoms with van der Waals surface area (Å²) < 4.78 is 13.5. The van der Waals surface area contributed by atoms with E-state index in [-0.39, 0.29) is 24.0 Å². The molecule has 6 heteroatoms. The van der Waals surface area contributed by atoms with Gasteiger partial charge in [-0.25, -0.2) is 4.39 Å². The smallest absolute Gasteiger partial charge is 0.316 e. The first-order chi connectivity index (χ1) is 9.45. The fourth-order valence-electron chi connectivity index (χ4n) is 1.62. The molecule has 1 amide bonds. The molecule has 0 fully saturated rings. The van der Waals surface area contributed by atoms with Crippen LogP contribution in [0, 0.1) is 5.82 Å². The minimum Gasteiger partial charge on any atom is -0.480 e. The van der Waals surface area contributed by atoms with E-state index in [1.54, 1.807) is 32.2 Å². The molecular formula is C14H18FNO3S. The van der Waals surface area contributed by atoms with Gasteiger partial charge in [0.25, 0.3) is 0 Å². The Morgan fingerprint density at radius 3 is 2.60 bits per heavy atom. The van der Waals surface area contributed by atoms with E-state index in [1.807, 2.05) is 0 Å². The number of carboxylic acids is 1. The quantitative estimate of drug-likeness (QED) is 0.840. The predicted octanol–water partition coefficient (Wildman–Crippen LogP) is 2.38. The summed E-state index contributed by atoms with van der Waals surface area (Å²) in [5.74, 6) is -1.40. The number of amides is 1. The summed E-state index contributed by atoms with van der Waals surface area (Å²) in [7, 11) is 1.58. The van der Waals surface area contributed by atoms with Gasteiger partial charge in [0.15, 0.2) is 0 Å². The van der Waals surface area contributed by atoms with Crippen LogP contribution in [0.3, 0.4) is 0 Å². The maximum absolute atomic E-state index is 13.5. The normalized spacial score (nSPS) is 11.9. The molecule has 0 saturated heterocycles. The average Bonchev–Trinajstić information content (AvgIpc) is 2.41. The second-order valence-corrected chi connectivity index (χ2v) is 5.58. The molecule has 110 valence electrons. The van der Waals surface area contributed by atoms with Gasteiger partial charge in [0, 0.05) is 19.2 Å². The lowest BCUT2D eigenvalue weighted by Crippen LogP contribution is -2.29. The highest BCUT2D eigenvalue weighted by molar-refractivity contribution is 8.01. The molecule has 1 aromatic carbocycles. The molecule has 1 aromatic rings. The van der Waals surface area contributed by atoms with E-state index in [0.717, 1.165) is 11.8 Å². The Morgan fingerprint density at radius 2 is 2.05 bits per heavy atom. The Morgan fingerprint density at radius 1 is 1.40 bits per heavy atom. The van der Waals surface area contributed by atoms with Crippen LogP contribution in [-0.2, 0) is 16.1 Å². The van der Waals surface area contributed by atoms with Crippen molar-refractivity contribution in [2.45, 2.75) is 25.1 Å². The zero-order valence-electron chi connectivity index (χ0n) is 11.5. The number of aliphatic carboxylic acids is 1. The van der Waals surface area contributed by atoms with Crippen molar-refractivity contribution in [3.8, 4) is 0 Å². The fourth-order valence-corrected chi connectivity index (χ4v) is 2.56. The van der Waals surface area contributed by atoms with Crippen molar-refractivity contribution in [1.82, 2.24) is 4.90 Å². The lowest BCUT2D eigenvalue weighted by Gasteiger charge is -2.18. The molecule has 1 rings (SSSR count). The first-order valence-corrected chi connectivity index (χ1v) is 7.32. The largest absolute Gasteiger partial charge is 0.480 e. The minimum absolute atomic E-state index is 0.0791. The third-order valence-corrected chi connectivity index (χ3v) is 4.20. The molecule has 1 unspecified atom stereocenters. The molecular weight excluding hydrogens is 281 g/mol. The van der Waals surface area contributed by atoms with Crippen molar-refractivity contribution in [3.05, 3.63) is 35.6 Å². The summed E-state index contributed by atoms with van der Waals surface area (Å²) in [5, 5.41) is 8.32. The zero-order valence-corrected chi connectivity index (χ0v) is 12.3. The van der Waals surface area contributed by atoms with Crippen molar-refractivity contribution in [3.63, 3.8) is 0 Å². The van der Waals surface area contributed by atoms with Crippen LogP contribution in [0.15, 0.2) is 24.3 Å². The molecule has 0 saturated carbocycles. The number of halogens is 1. The van der Waals surface area contributed by atoms with Crippen LogP contribution in [0.4, 0.5) is 4.39 Å². The molecule has 0 aliphatic heterocycles. The first kappa shape index (κ1) is 16.5. The van der Waals surface area contributed by atoms with Crippen LogP contribution < -0.4 is 0 Å². The van der Waals surface area contributed by atoms with Gasteiger partial charge in [-0.1, -0.05) is 25.1 Å². The number of carbonyl (C=O) groups is 2.